The van der Waals surface area contributed by atoms with Crippen molar-refractivity contribution in [1.82, 2.24) is 0 Å². The SMILES string of the molecule is CCCCC(CC)COc1ccc(C#Cc2cc(F)c(C#N)c(F)c2)cc1. The quantitative estimate of drug-likeness (QED) is 0.577. The van der Waals surface area contributed by atoms with E-state index in [0.717, 1.165) is 24.3 Å². The predicted molar refractivity (Wildman–Crippen MR) is 102 cm³/mol. The molecule has 2 aromatic rings. The van der Waals surface area contributed by atoms with Crippen molar-refractivity contribution in [2.24, 2.45) is 5.92 Å². The summed E-state index contributed by atoms with van der Waals surface area (Å²) >= 11 is 0. The molecule has 0 fully saturated rings. The van der Waals surface area contributed by atoms with Gasteiger partial charge in [0.1, 0.15) is 29.0 Å². The molecule has 0 heterocycles. The number of hydrogen-bond acceptors (Lipinski definition) is 2. The van der Waals surface area contributed by atoms with E-state index in [0.29, 0.717) is 18.1 Å². The van der Waals surface area contributed by atoms with Crippen molar-refractivity contribution in [2.45, 2.75) is 39.5 Å². The standard InChI is InChI=1S/C23H23F2NO/c1-3-5-6-17(4-2)16-27-20-11-9-18(10-12-20)7-8-19-13-22(24)21(15-26)23(25)14-19/h9-14,17H,3-6,16H2,1-2H3. The third-order valence-electron chi connectivity index (χ3n) is 4.39. The van der Waals surface area contributed by atoms with Crippen LogP contribution >= 0.6 is 0 Å². The van der Waals surface area contributed by atoms with Crippen molar-refractivity contribution >= 4 is 0 Å². The molecule has 0 aliphatic rings. The zero-order valence-corrected chi connectivity index (χ0v) is 15.7. The summed E-state index contributed by atoms with van der Waals surface area (Å²) in [7, 11) is 0. The molecule has 140 valence electrons. The lowest BCUT2D eigenvalue weighted by Crippen LogP contribution is -2.11. The zero-order valence-electron chi connectivity index (χ0n) is 15.7. The van der Waals surface area contributed by atoms with Crippen molar-refractivity contribution < 1.29 is 13.5 Å². The third kappa shape index (κ3) is 6.12. The molecule has 0 saturated heterocycles. The molecular weight excluding hydrogens is 344 g/mol. The largest absolute Gasteiger partial charge is 0.493 e. The Morgan fingerprint density at radius 2 is 1.63 bits per heavy atom. The van der Waals surface area contributed by atoms with Crippen LogP contribution in [-0.4, -0.2) is 6.61 Å². The lowest BCUT2D eigenvalue weighted by Gasteiger charge is -2.15. The molecule has 2 nitrogen and oxygen atoms in total. The Morgan fingerprint density at radius 3 is 2.19 bits per heavy atom. The summed E-state index contributed by atoms with van der Waals surface area (Å²) in [6.07, 6.45) is 4.68. The molecule has 1 unspecified atom stereocenters. The molecule has 4 heteroatoms. The van der Waals surface area contributed by atoms with E-state index < -0.39 is 17.2 Å². The molecule has 0 saturated carbocycles. The van der Waals surface area contributed by atoms with E-state index >= 15 is 0 Å². The van der Waals surface area contributed by atoms with Crippen LogP contribution in [-0.2, 0) is 0 Å². The van der Waals surface area contributed by atoms with Crippen molar-refractivity contribution in [3.05, 3.63) is 64.7 Å². The summed E-state index contributed by atoms with van der Waals surface area (Å²) in [4.78, 5) is 0. The summed E-state index contributed by atoms with van der Waals surface area (Å²) < 4.78 is 33.1. The minimum Gasteiger partial charge on any atom is -0.493 e. The Morgan fingerprint density at radius 1 is 1.00 bits per heavy atom. The number of nitrogens with zero attached hydrogens (tertiary/aromatic N) is 1. The predicted octanol–water partition coefficient (Wildman–Crippen LogP) is 5.83. The maximum absolute atomic E-state index is 13.6. The number of unbranched alkanes of at least 4 members (excludes halogenated alkanes) is 1. The van der Waals surface area contributed by atoms with E-state index in [1.165, 1.54) is 25.3 Å². The van der Waals surface area contributed by atoms with Crippen LogP contribution in [0.1, 0.15) is 56.2 Å². The van der Waals surface area contributed by atoms with Crippen LogP contribution in [0.25, 0.3) is 0 Å². The molecule has 0 amide bonds. The van der Waals surface area contributed by atoms with Gasteiger partial charge in [-0.2, -0.15) is 5.26 Å². The van der Waals surface area contributed by atoms with Gasteiger partial charge >= 0.3 is 0 Å². The maximum atomic E-state index is 13.6. The Hall–Kier alpha value is -2.85. The van der Waals surface area contributed by atoms with E-state index in [-0.39, 0.29) is 5.56 Å². The first-order valence-electron chi connectivity index (χ1n) is 9.21. The van der Waals surface area contributed by atoms with Crippen molar-refractivity contribution in [3.63, 3.8) is 0 Å². The van der Waals surface area contributed by atoms with E-state index in [4.69, 9.17) is 10.00 Å². The lowest BCUT2D eigenvalue weighted by molar-refractivity contribution is 0.233. The second kappa shape index (κ2) is 10.3. The molecule has 0 aromatic heterocycles. The highest BCUT2D eigenvalue weighted by Gasteiger charge is 2.09. The summed E-state index contributed by atoms with van der Waals surface area (Å²) in [5, 5.41) is 8.68. The van der Waals surface area contributed by atoms with Crippen molar-refractivity contribution in [2.75, 3.05) is 6.61 Å². The summed E-state index contributed by atoms with van der Waals surface area (Å²) in [5.41, 5.74) is 0.308. The third-order valence-corrected chi connectivity index (χ3v) is 4.39. The van der Waals surface area contributed by atoms with Crippen LogP contribution < -0.4 is 4.74 Å². The van der Waals surface area contributed by atoms with Crippen LogP contribution in [0, 0.1) is 40.7 Å². The molecule has 0 spiro atoms. The highest BCUT2D eigenvalue weighted by Crippen LogP contribution is 2.18. The van der Waals surface area contributed by atoms with Gasteiger partial charge in [-0.15, -0.1) is 0 Å². The van der Waals surface area contributed by atoms with Crippen molar-refractivity contribution in [1.29, 1.82) is 5.26 Å². The smallest absolute Gasteiger partial charge is 0.145 e. The highest BCUT2D eigenvalue weighted by atomic mass is 19.1. The van der Waals surface area contributed by atoms with Gasteiger partial charge in [-0.25, -0.2) is 8.78 Å². The van der Waals surface area contributed by atoms with Crippen LogP contribution in [0.5, 0.6) is 5.75 Å². The molecule has 1 atom stereocenters. The number of benzene rings is 2. The first kappa shape index (κ1) is 20.5. The van der Waals surface area contributed by atoms with Gasteiger partial charge in [-0.05, 0) is 48.7 Å². The topological polar surface area (TPSA) is 33.0 Å². The highest BCUT2D eigenvalue weighted by molar-refractivity contribution is 5.47. The molecule has 27 heavy (non-hydrogen) atoms. The van der Waals surface area contributed by atoms with Gasteiger partial charge in [0.05, 0.1) is 6.61 Å². The Labute approximate surface area is 159 Å². The van der Waals surface area contributed by atoms with Crippen molar-refractivity contribution in [3.8, 4) is 23.7 Å². The fraction of sp³-hybridized carbons (Fsp3) is 0.348. The van der Waals surface area contributed by atoms with Crippen LogP contribution in [0.4, 0.5) is 8.78 Å². The molecule has 0 aliphatic heterocycles. The summed E-state index contributed by atoms with van der Waals surface area (Å²) in [6.45, 7) is 5.07. The average molecular weight is 367 g/mol. The van der Waals surface area contributed by atoms with E-state index in [1.807, 2.05) is 24.3 Å². The van der Waals surface area contributed by atoms with Crippen LogP contribution in [0.2, 0.25) is 0 Å². The lowest BCUT2D eigenvalue weighted by atomic mass is 10.0. The monoisotopic (exact) mass is 367 g/mol. The molecular formula is C23H23F2NO. The van der Waals surface area contributed by atoms with E-state index in [1.54, 1.807) is 0 Å². The Bertz CT molecular complexity index is 834. The second-order valence-electron chi connectivity index (χ2n) is 6.43. The fourth-order valence-electron chi connectivity index (χ4n) is 2.64. The minimum absolute atomic E-state index is 0.186. The normalized spacial score (nSPS) is 11.2. The minimum atomic E-state index is -0.904. The van der Waals surface area contributed by atoms with Gasteiger partial charge in [0.2, 0.25) is 0 Å². The van der Waals surface area contributed by atoms with Gasteiger partial charge in [0.15, 0.2) is 0 Å². The molecule has 0 N–H and O–H groups in total. The van der Waals surface area contributed by atoms with Crippen LogP contribution in [0.15, 0.2) is 36.4 Å². The van der Waals surface area contributed by atoms with Gasteiger partial charge < -0.3 is 4.74 Å². The number of hydrogen-bond donors (Lipinski definition) is 0. The number of ether oxygens (including phenoxy) is 1. The van der Waals surface area contributed by atoms with Gasteiger partial charge in [-0.1, -0.05) is 45.0 Å². The van der Waals surface area contributed by atoms with Crippen LogP contribution in [0.3, 0.4) is 0 Å². The van der Waals surface area contributed by atoms with E-state index in [9.17, 15) is 8.78 Å². The molecule has 2 rings (SSSR count). The Kier molecular flexibility index (Phi) is 7.83. The van der Waals surface area contributed by atoms with Gasteiger partial charge in [0.25, 0.3) is 0 Å². The average Bonchev–Trinajstić information content (AvgIpc) is 2.67. The molecule has 0 radical (unpaired) electrons. The molecule has 0 aliphatic carbocycles. The van der Waals surface area contributed by atoms with Gasteiger partial charge in [0, 0.05) is 11.1 Å². The zero-order chi connectivity index (χ0) is 19.6. The number of halogens is 2. The number of rotatable bonds is 7. The first-order chi connectivity index (χ1) is 13.1. The maximum Gasteiger partial charge on any atom is 0.145 e. The summed E-state index contributed by atoms with van der Waals surface area (Å²) in [5.74, 6) is 5.11. The van der Waals surface area contributed by atoms with Gasteiger partial charge in [-0.3, -0.25) is 0 Å². The summed E-state index contributed by atoms with van der Waals surface area (Å²) in [6, 6.07) is 10.9. The second-order valence-corrected chi connectivity index (χ2v) is 6.43. The first-order valence-corrected chi connectivity index (χ1v) is 9.21. The molecule has 2 aromatic carbocycles. The molecule has 0 bridgehead atoms. The number of nitriles is 1. The fourth-order valence-corrected chi connectivity index (χ4v) is 2.64. The Balaban J connectivity index is 2.01. The van der Waals surface area contributed by atoms with E-state index in [2.05, 4.69) is 25.7 Å².